The van der Waals surface area contributed by atoms with Crippen molar-refractivity contribution in [1.29, 1.82) is 0 Å². The fourth-order valence-corrected chi connectivity index (χ4v) is 2.05. The van der Waals surface area contributed by atoms with Gasteiger partial charge in [0.05, 0.1) is 12.1 Å². The zero-order valence-electron chi connectivity index (χ0n) is 11.2. The number of ether oxygens (including phenoxy) is 2. The SMILES string of the molecule is COc1cc(CCN)cc(Cl)c1OCc1ncccn1. The van der Waals surface area contributed by atoms with Gasteiger partial charge in [0.1, 0.15) is 6.61 Å². The van der Waals surface area contributed by atoms with Crippen molar-refractivity contribution < 1.29 is 9.47 Å². The second-order valence-corrected chi connectivity index (χ2v) is 4.51. The Hall–Kier alpha value is -1.85. The predicted molar refractivity (Wildman–Crippen MR) is 77.1 cm³/mol. The van der Waals surface area contributed by atoms with Crippen molar-refractivity contribution in [3.63, 3.8) is 0 Å². The number of hydrogen-bond donors (Lipinski definition) is 1. The average molecular weight is 294 g/mol. The second kappa shape index (κ2) is 7.07. The first-order chi connectivity index (χ1) is 9.74. The number of nitrogens with two attached hydrogens (primary N) is 1. The fraction of sp³-hybridized carbons (Fsp3) is 0.286. The molecule has 0 radical (unpaired) electrons. The molecule has 0 spiro atoms. The van der Waals surface area contributed by atoms with Crippen molar-refractivity contribution in [2.45, 2.75) is 13.0 Å². The first kappa shape index (κ1) is 14.6. The van der Waals surface area contributed by atoms with E-state index in [4.69, 9.17) is 26.8 Å². The molecule has 0 aliphatic heterocycles. The highest BCUT2D eigenvalue weighted by Crippen LogP contribution is 2.36. The molecule has 0 aliphatic carbocycles. The molecule has 0 atom stereocenters. The Morgan fingerprint density at radius 3 is 2.65 bits per heavy atom. The van der Waals surface area contributed by atoms with Crippen molar-refractivity contribution in [3.05, 3.63) is 47.0 Å². The molecule has 0 amide bonds. The van der Waals surface area contributed by atoms with Gasteiger partial charge < -0.3 is 15.2 Å². The van der Waals surface area contributed by atoms with E-state index in [0.717, 1.165) is 12.0 Å². The molecule has 1 aromatic carbocycles. The molecule has 0 bridgehead atoms. The van der Waals surface area contributed by atoms with Crippen LogP contribution in [-0.4, -0.2) is 23.6 Å². The minimum atomic E-state index is 0.229. The molecule has 0 aliphatic rings. The maximum atomic E-state index is 6.23. The van der Waals surface area contributed by atoms with Gasteiger partial charge in [-0.25, -0.2) is 9.97 Å². The molecule has 0 saturated carbocycles. The van der Waals surface area contributed by atoms with E-state index in [0.29, 0.717) is 28.9 Å². The average Bonchev–Trinajstić information content (AvgIpc) is 2.47. The smallest absolute Gasteiger partial charge is 0.180 e. The highest BCUT2D eigenvalue weighted by molar-refractivity contribution is 6.32. The first-order valence-corrected chi connectivity index (χ1v) is 6.57. The topological polar surface area (TPSA) is 70.3 Å². The summed E-state index contributed by atoms with van der Waals surface area (Å²) in [5.74, 6) is 1.65. The normalized spacial score (nSPS) is 10.3. The van der Waals surface area contributed by atoms with Crippen LogP contribution in [0.3, 0.4) is 0 Å². The summed E-state index contributed by atoms with van der Waals surface area (Å²) in [7, 11) is 1.57. The molecule has 0 fully saturated rings. The number of rotatable bonds is 6. The molecule has 0 unspecified atom stereocenters. The van der Waals surface area contributed by atoms with Crippen LogP contribution in [0.4, 0.5) is 0 Å². The molecule has 106 valence electrons. The Labute approximate surface area is 122 Å². The number of halogens is 1. The Balaban J connectivity index is 2.18. The lowest BCUT2D eigenvalue weighted by atomic mass is 10.1. The summed E-state index contributed by atoms with van der Waals surface area (Å²) in [6.07, 6.45) is 4.06. The molecule has 2 rings (SSSR count). The van der Waals surface area contributed by atoms with Crippen LogP contribution < -0.4 is 15.2 Å². The lowest BCUT2D eigenvalue weighted by Gasteiger charge is -2.13. The monoisotopic (exact) mass is 293 g/mol. The molecular formula is C14H16ClN3O2. The number of hydrogen-bond acceptors (Lipinski definition) is 5. The van der Waals surface area contributed by atoms with Crippen LogP contribution in [0.1, 0.15) is 11.4 Å². The summed E-state index contributed by atoms with van der Waals surface area (Å²) in [5.41, 5.74) is 6.55. The molecule has 20 heavy (non-hydrogen) atoms. The Kier molecular flexibility index (Phi) is 5.15. The lowest BCUT2D eigenvalue weighted by molar-refractivity contribution is 0.276. The fourth-order valence-electron chi connectivity index (χ4n) is 1.77. The molecule has 2 N–H and O–H groups in total. The zero-order chi connectivity index (χ0) is 14.4. The molecular weight excluding hydrogens is 278 g/mol. The van der Waals surface area contributed by atoms with Gasteiger partial charge in [-0.1, -0.05) is 11.6 Å². The molecule has 6 heteroatoms. The van der Waals surface area contributed by atoms with Crippen LogP contribution in [0.25, 0.3) is 0 Å². The van der Waals surface area contributed by atoms with Crippen LogP contribution >= 0.6 is 11.6 Å². The lowest BCUT2D eigenvalue weighted by Crippen LogP contribution is -2.05. The van der Waals surface area contributed by atoms with Crippen molar-refractivity contribution in [2.75, 3.05) is 13.7 Å². The van der Waals surface area contributed by atoms with Gasteiger partial charge >= 0.3 is 0 Å². The molecule has 1 aromatic heterocycles. The predicted octanol–water partition coefficient (Wildman–Crippen LogP) is 2.22. The maximum absolute atomic E-state index is 6.23. The van der Waals surface area contributed by atoms with Gasteiger partial charge in [0.25, 0.3) is 0 Å². The third-order valence-electron chi connectivity index (χ3n) is 2.69. The standard InChI is InChI=1S/C14H16ClN3O2/c1-19-12-8-10(3-4-16)7-11(15)14(12)20-9-13-17-5-2-6-18-13/h2,5-8H,3-4,9,16H2,1H3. The Morgan fingerprint density at radius 1 is 1.25 bits per heavy atom. The van der Waals surface area contributed by atoms with Crippen LogP contribution in [0.2, 0.25) is 5.02 Å². The van der Waals surface area contributed by atoms with Crippen molar-refractivity contribution >= 4 is 11.6 Å². The number of nitrogens with zero attached hydrogens (tertiary/aromatic N) is 2. The number of aromatic nitrogens is 2. The summed E-state index contributed by atoms with van der Waals surface area (Å²) in [4.78, 5) is 8.18. The first-order valence-electron chi connectivity index (χ1n) is 6.19. The van der Waals surface area contributed by atoms with Gasteiger partial charge in [-0.05, 0) is 36.7 Å². The van der Waals surface area contributed by atoms with E-state index in [1.165, 1.54) is 0 Å². The van der Waals surface area contributed by atoms with E-state index in [2.05, 4.69) is 9.97 Å². The van der Waals surface area contributed by atoms with Gasteiger partial charge in [-0.3, -0.25) is 0 Å². The number of methoxy groups -OCH3 is 1. The van der Waals surface area contributed by atoms with E-state index in [9.17, 15) is 0 Å². The van der Waals surface area contributed by atoms with Crippen molar-refractivity contribution in [1.82, 2.24) is 9.97 Å². The minimum absolute atomic E-state index is 0.229. The van der Waals surface area contributed by atoms with Crippen LogP contribution in [0, 0.1) is 0 Å². The van der Waals surface area contributed by atoms with Gasteiger partial charge in [0.2, 0.25) is 0 Å². The highest BCUT2D eigenvalue weighted by Gasteiger charge is 2.12. The van der Waals surface area contributed by atoms with Crippen molar-refractivity contribution in [2.24, 2.45) is 5.73 Å². The highest BCUT2D eigenvalue weighted by atomic mass is 35.5. The maximum Gasteiger partial charge on any atom is 0.180 e. The summed E-state index contributed by atoms with van der Waals surface area (Å²) in [5, 5.41) is 0.490. The molecule has 2 aromatic rings. The van der Waals surface area contributed by atoms with E-state index < -0.39 is 0 Å². The zero-order valence-corrected chi connectivity index (χ0v) is 11.9. The number of benzene rings is 1. The summed E-state index contributed by atoms with van der Waals surface area (Å²) >= 11 is 6.23. The van der Waals surface area contributed by atoms with E-state index >= 15 is 0 Å². The Bertz CT molecular complexity index is 564. The van der Waals surface area contributed by atoms with Gasteiger partial charge in [0.15, 0.2) is 17.3 Å². The van der Waals surface area contributed by atoms with E-state index in [1.54, 1.807) is 25.6 Å². The third-order valence-corrected chi connectivity index (χ3v) is 2.97. The van der Waals surface area contributed by atoms with Crippen LogP contribution in [0.5, 0.6) is 11.5 Å². The molecule has 1 heterocycles. The van der Waals surface area contributed by atoms with Gasteiger partial charge in [-0.15, -0.1) is 0 Å². The molecule has 5 nitrogen and oxygen atoms in total. The summed E-state index contributed by atoms with van der Waals surface area (Å²) in [6.45, 7) is 0.782. The van der Waals surface area contributed by atoms with Crippen molar-refractivity contribution in [3.8, 4) is 11.5 Å². The van der Waals surface area contributed by atoms with Gasteiger partial charge in [0, 0.05) is 12.4 Å². The van der Waals surface area contributed by atoms with E-state index in [1.807, 2.05) is 12.1 Å². The molecule has 0 saturated heterocycles. The second-order valence-electron chi connectivity index (χ2n) is 4.10. The minimum Gasteiger partial charge on any atom is -0.493 e. The van der Waals surface area contributed by atoms with E-state index in [-0.39, 0.29) is 6.61 Å². The summed E-state index contributed by atoms with van der Waals surface area (Å²) < 4.78 is 11.0. The summed E-state index contributed by atoms with van der Waals surface area (Å²) in [6, 6.07) is 5.46. The van der Waals surface area contributed by atoms with Gasteiger partial charge in [-0.2, -0.15) is 0 Å². The van der Waals surface area contributed by atoms with Crippen LogP contribution in [-0.2, 0) is 13.0 Å². The quantitative estimate of drug-likeness (QED) is 0.884. The largest absolute Gasteiger partial charge is 0.493 e. The van der Waals surface area contributed by atoms with Crippen LogP contribution in [0.15, 0.2) is 30.6 Å². The Morgan fingerprint density at radius 2 is 2.00 bits per heavy atom. The third kappa shape index (κ3) is 3.59.